The lowest BCUT2D eigenvalue weighted by atomic mass is 10.1. The molecule has 1 aliphatic rings. The Hall–Kier alpha value is -1.12. The third kappa shape index (κ3) is 2.17. The number of carbonyl (C=O) groups is 1. The van der Waals surface area contributed by atoms with Gasteiger partial charge >= 0.3 is 0 Å². The maximum Gasteiger partial charge on any atom is 0.236 e. The van der Waals surface area contributed by atoms with Crippen LogP contribution in [0.2, 0.25) is 0 Å². The number of amides is 1. The molecule has 0 aromatic heterocycles. The van der Waals surface area contributed by atoms with Crippen molar-refractivity contribution in [1.82, 2.24) is 10.2 Å². The van der Waals surface area contributed by atoms with E-state index < -0.39 is 0 Å². The Morgan fingerprint density at radius 2 is 2.54 bits per heavy atom. The Labute approximate surface area is 77.5 Å². The monoisotopic (exact) mass is 182 g/mol. The first kappa shape index (κ1) is 9.96. The second kappa shape index (κ2) is 4.21. The molecule has 1 saturated heterocycles. The van der Waals surface area contributed by atoms with Crippen molar-refractivity contribution in [3.63, 3.8) is 0 Å². The van der Waals surface area contributed by atoms with Crippen molar-refractivity contribution < 1.29 is 4.79 Å². The highest BCUT2D eigenvalue weighted by molar-refractivity contribution is 5.80. The molecule has 1 amide bonds. The Balaban J connectivity index is 2.68. The number of hydrogen-bond acceptors (Lipinski definition) is 4. The van der Waals surface area contributed by atoms with E-state index in [1.807, 2.05) is 4.90 Å². The molecular formula is C8H14N4O. The molecular weight excluding hydrogens is 168 g/mol. The molecule has 72 valence electrons. The second-order valence-corrected chi connectivity index (χ2v) is 3.17. The minimum Gasteiger partial charge on any atom is -0.368 e. The smallest absolute Gasteiger partial charge is 0.236 e. The molecule has 5 nitrogen and oxygen atoms in total. The van der Waals surface area contributed by atoms with Crippen LogP contribution >= 0.6 is 0 Å². The summed E-state index contributed by atoms with van der Waals surface area (Å²) in [5, 5.41) is 11.8. The predicted molar refractivity (Wildman–Crippen MR) is 47.6 cm³/mol. The van der Waals surface area contributed by atoms with E-state index in [1.54, 1.807) is 6.92 Å². The van der Waals surface area contributed by atoms with Gasteiger partial charge in [-0.25, -0.2) is 0 Å². The maximum atomic E-state index is 11.0. The van der Waals surface area contributed by atoms with Crippen molar-refractivity contribution in [2.24, 2.45) is 5.73 Å². The molecule has 0 spiro atoms. The molecule has 1 aliphatic heterocycles. The average molecular weight is 182 g/mol. The zero-order valence-electron chi connectivity index (χ0n) is 7.66. The Kier molecular flexibility index (Phi) is 3.23. The van der Waals surface area contributed by atoms with Gasteiger partial charge in [-0.2, -0.15) is 5.26 Å². The van der Waals surface area contributed by atoms with Gasteiger partial charge in [-0.1, -0.05) is 0 Å². The minimum absolute atomic E-state index is 0.250. The lowest BCUT2D eigenvalue weighted by Crippen LogP contribution is -2.59. The van der Waals surface area contributed by atoms with E-state index >= 15 is 0 Å². The van der Waals surface area contributed by atoms with E-state index in [0.717, 1.165) is 6.54 Å². The first-order valence-electron chi connectivity index (χ1n) is 4.32. The fourth-order valence-corrected chi connectivity index (χ4v) is 1.52. The molecule has 0 saturated carbocycles. The number of nitrogens with zero attached hydrogens (tertiary/aromatic N) is 2. The molecule has 2 atom stereocenters. The normalized spacial score (nSPS) is 26.3. The molecule has 0 bridgehead atoms. The summed E-state index contributed by atoms with van der Waals surface area (Å²) >= 11 is 0. The van der Waals surface area contributed by atoms with E-state index in [2.05, 4.69) is 11.4 Å². The lowest BCUT2D eigenvalue weighted by Gasteiger charge is -2.35. The van der Waals surface area contributed by atoms with E-state index in [1.165, 1.54) is 0 Å². The van der Waals surface area contributed by atoms with Gasteiger partial charge in [0.05, 0.1) is 12.1 Å². The predicted octanol–water partition coefficient (Wildman–Crippen LogP) is -1.34. The van der Waals surface area contributed by atoms with Gasteiger partial charge in [-0.15, -0.1) is 0 Å². The molecule has 0 aliphatic carbocycles. The summed E-state index contributed by atoms with van der Waals surface area (Å²) in [4.78, 5) is 12.8. The first-order chi connectivity index (χ1) is 6.16. The van der Waals surface area contributed by atoms with Gasteiger partial charge in [0, 0.05) is 19.6 Å². The van der Waals surface area contributed by atoms with Gasteiger partial charge < -0.3 is 11.1 Å². The maximum absolute atomic E-state index is 11.0. The van der Waals surface area contributed by atoms with Crippen molar-refractivity contribution in [3.8, 4) is 6.07 Å². The second-order valence-electron chi connectivity index (χ2n) is 3.17. The van der Waals surface area contributed by atoms with Crippen molar-refractivity contribution in [1.29, 1.82) is 5.26 Å². The highest BCUT2D eigenvalue weighted by atomic mass is 16.1. The molecule has 1 heterocycles. The van der Waals surface area contributed by atoms with Crippen LogP contribution in [0.1, 0.15) is 6.92 Å². The fraction of sp³-hybridized carbons (Fsp3) is 0.750. The topological polar surface area (TPSA) is 82.2 Å². The molecule has 1 rings (SSSR count). The summed E-state index contributed by atoms with van der Waals surface area (Å²) < 4.78 is 0. The van der Waals surface area contributed by atoms with Gasteiger partial charge in [0.25, 0.3) is 0 Å². The number of primary amides is 1. The first-order valence-corrected chi connectivity index (χ1v) is 4.32. The molecule has 5 heteroatoms. The van der Waals surface area contributed by atoms with E-state index in [4.69, 9.17) is 11.0 Å². The van der Waals surface area contributed by atoms with Gasteiger partial charge in [0.1, 0.15) is 6.04 Å². The van der Waals surface area contributed by atoms with Crippen LogP contribution < -0.4 is 11.1 Å². The van der Waals surface area contributed by atoms with E-state index in [-0.39, 0.29) is 18.0 Å². The summed E-state index contributed by atoms with van der Waals surface area (Å²) in [6, 6.07) is 1.52. The van der Waals surface area contributed by atoms with Crippen molar-refractivity contribution in [3.05, 3.63) is 0 Å². The van der Waals surface area contributed by atoms with Crippen LogP contribution in [-0.4, -0.2) is 42.5 Å². The van der Waals surface area contributed by atoms with E-state index in [9.17, 15) is 4.79 Å². The highest BCUT2D eigenvalue weighted by Gasteiger charge is 2.29. The Bertz CT molecular complexity index is 235. The van der Waals surface area contributed by atoms with Gasteiger partial charge in [-0.05, 0) is 6.92 Å². The summed E-state index contributed by atoms with van der Waals surface area (Å²) in [6.45, 7) is 3.82. The third-order valence-electron chi connectivity index (χ3n) is 2.30. The van der Waals surface area contributed by atoms with E-state index in [0.29, 0.717) is 13.1 Å². The van der Waals surface area contributed by atoms with Crippen LogP contribution in [-0.2, 0) is 4.79 Å². The van der Waals surface area contributed by atoms with Crippen molar-refractivity contribution >= 4 is 5.91 Å². The number of piperazine rings is 1. The molecule has 1 fully saturated rings. The molecule has 0 radical (unpaired) electrons. The quantitative estimate of drug-likeness (QED) is 0.553. The third-order valence-corrected chi connectivity index (χ3v) is 2.30. The Morgan fingerprint density at radius 3 is 3.08 bits per heavy atom. The van der Waals surface area contributed by atoms with Crippen LogP contribution in [0.4, 0.5) is 0 Å². The van der Waals surface area contributed by atoms with Gasteiger partial charge in [-0.3, -0.25) is 9.69 Å². The standard InChI is InChI=1S/C8H14N4O/c1-6(4-9)12-3-2-11-5-7(12)8(10)13/h6-7,11H,2-3,5H2,1H3,(H2,10,13). The largest absolute Gasteiger partial charge is 0.368 e. The van der Waals surface area contributed by atoms with Gasteiger partial charge in [0.15, 0.2) is 0 Å². The zero-order chi connectivity index (χ0) is 9.84. The summed E-state index contributed by atoms with van der Waals surface area (Å²) in [7, 11) is 0. The Morgan fingerprint density at radius 1 is 1.85 bits per heavy atom. The number of hydrogen-bond donors (Lipinski definition) is 2. The van der Waals surface area contributed by atoms with Crippen LogP contribution in [0.3, 0.4) is 0 Å². The summed E-state index contributed by atoms with van der Waals surface area (Å²) in [5.41, 5.74) is 5.22. The summed E-state index contributed by atoms with van der Waals surface area (Å²) in [6.07, 6.45) is 0. The number of nitrogens with one attached hydrogen (secondary N) is 1. The molecule has 0 aromatic rings. The van der Waals surface area contributed by atoms with Crippen molar-refractivity contribution in [2.75, 3.05) is 19.6 Å². The van der Waals surface area contributed by atoms with Crippen molar-refractivity contribution in [2.45, 2.75) is 19.0 Å². The average Bonchev–Trinajstić information content (AvgIpc) is 2.16. The fourth-order valence-electron chi connectivity index (χ4n) is 1.52. The lowest BCUT2D eigenvalue weighted by molar-refractivity contribution is -0.124. The SMILES string of the molecule is CC(C#N)N1CCNCC1C(N)=O. The van der Waals surface area contributed by atoms with Gasteiger partial charge in [0.2, 0.25) is 5.91 Å². The molecule has 3 N–H and O–H groups in total. The van der Waals surface area contributed by atoms with Crippen LogP contribution in [0.5, 0.6) is 0 Å². The molecule has 13 heavy (non-hydrogen) atoms. The molecule has 0 aromatic carbocycles. The number of nitrogens with two attached hydrogens (primary N) is 1. The number of rotatable bonds is 2. The summed E-state index contributed by atoms with van der Waals surface area (Å²) in [5.74, 6) is -0.366. The highest BCUT2D eigenvalue weighted by Crippen LogP contribution is 2.07. The number of carbonyl (C=O) groups excluding carboxylic acids is 1. The van der Waals surface area contributed by atoms with Crippen LogP contribution in [0.15, 0.2) is 0 Å². The molecule has 2 unspecified atom stereocenters. The zero-order valence-corrected chi connectivity index (χ0v) is 7.66. The minimum atomic E-state index is -0.366. The number of nitriles is 1. The van der Waals surface area contributed by atoms with Crippen LogP contribution in [0, 0.1) is 11.3 Å². The van der Waals surface area contributed by atoms with Crippen LogP contribution in [0.25, 0.3) is 0 Å².